The zero-order valence-corrected chi connectivity index (χ0v) is 19.4. The Morgan fingerprint density at radius 1 is 0.929 bits per heavy atom. The quantitative estimate of drug-likeness (QED) is 0.216. The van der Waals surface area contributed by atoms with E-state index in [4.69, 9.17) is 4.99 Å². The predicted molar refractivity (Wildman–Crippen MR) is 124 cm³/mol. The third kappa shape index (κ3) is 12.6. The molecule has 0 bridgehead atoms. The molecule has 0 saturated heterocycles. The smallest absolute Gasteiger partial charge is 0.0998 e. The van der Waals surface area contributed by atoms with Crippen molar-refractivity contribution in [2.24, 2.45) is 4.99 Å². The molecule has 1 rings (SSSR count). The Hall–Kier alpha value is -0.830. The van der Waals surface area contributed by atoms with Gasteiger partial charge in [-0.2, -0.15) is 0 Å². The summed E-state index contributed by atoms with van der Waals surface area (Å²) in [6.45, 7) is 10.2. The van der Waals surface area contributed by atoms with Gasteiger partial charge in [0.15, 0.2) is 0 Å². The van der Waals surface area contributed by atoms with E-state index < -0.39 is 0 Å². The molecule has 0 radical (unpaired) electrons. The van der Waals surface area contributed by atoms with Gasteiger partial charge in [-0.1, -0.05) is 70.4 Å². The molecule has 0 spiro atoms. The number of aliphatic hydroxyl groups is 1. The predicted octanol–water partition coefficient (Wildman–Crippen LogP) is 6.90. The molecule has 0 amide bonds. The average molecular weight is 393 g/mol. The molecule has 0 aliphatic carbocycles. The van der Waals surface area contributed by atoms with Crippen LogP contribution in [0.2, 0.25) is 0 Å². The standard InChI is InChI=1S/C25H48N2O/c1-5-6-7-8-9-10-11-12-13-14-15-16-17-18-19-20-24-26-25(3,4)22-27(24)21-23(2)28/h12-13,23,28H,5-11,14-22H2,1-4H3/b13-12-/t23-/m0/s1. The minimum atomic E-state index is -0.284. The van der Waals surface area contributed by atoms with Gasteiger partial charge in [-0.3, -0.25) is 4.99 Å². The van der Waals surface area contributed by atoms with Gasteiger partial charge in [0.1, 0.15) is 0 Å². The fourth-order valence-electron chi connectivity index (χ4n) is 4.07. The van der Waals surface area contributed by atoms with Gasteiger partial charge in [0, 0.05) is 19.5 Å². The summed E-state index contributed by atoms with van der Waals surface area (Å²) in [5, 5.41) is 9.70. The first-order valence-electron chi connectivity index (χ1n) is 12.1. The maximum atomic E-state index is 9.70. The molecule has 0 aromatic heterocycles. The fourth-order valence-corrected chi connectivity index (χ4v) is 4.07. The third-order valence-electron chi connectivity index (χ3n) is 5.52. The number of aliphatic imine (C=N–C) groups is 1. The van der Waals surface area contributed by atoms with E-state index in [9.17, 15) is 5.11 Å². The molecule has 0 aromatic carbocycles. The normalized spacial score (nSPS) is 17.5. The van der Waals surface area contributed by atoms with Crippen LogP contribution in [-0.2, 0) is 0 Å². The Kier molecular flexibility index (Phi) is 13.6. The molecule has 28 heavy (non-hydrogen) atoms. The number of unbranched alkanes of at least 4 members (excludes halogenated alkanes) is 11. The van der Waals surface area contributed by atoms with Crippen molar-refractivity contribution in [3.63, 3.8) is 0 Å². The Labute approximate surface area is 175 Å². The second-order valence-corrected chi connectivity index (χ2v) is 9.40. The van der Waals surface area contributed by atoms with Crippen molar-refractivity contribution in [2.75, 3.05) is 13.1 Å². The summed E-state index contributed by atoms with van der Waals surface area (Å²) in [6, 6.07) is 0. The number of amidine groups is 1. The van der Waals surface area contributed by atoms with Crippen molar-refractivity contribution in [2.45, 2.75) is 129 Å². The van der Waals surface area contributed by atoms with Crippen LogP contribution in [0.1, 0.15) is 118 Å². The van der Waals surface area contributed by atoms with E-state index in [-0.39, 0.29) is 11.6 Å². The minimum Gasteiger partial charge on any atom is -0.392 e. The maximum absolute atomic E-state index is 9.70. The average Bonchev–Trinajstić information content (AvgIpc) is 2.91. The first-order chi connectivity index (χ1) is 13.4. The maximum Gasteiger partial charge on any atom is 0.0998 e. The summed E-state index contributed by atoms with van der Waals surface area (Å²) >= 11 is 0. The highest BCUT2D eigenvalue weighted by atomic mass is 16.3. The van der Waals surface area contributed by atoms with E-state index >= 15 is 0 Å². The van der Waals surface area contributed by atoms with Gasteiger partial charge >= 0.3 is 0 Å². The lowest BCUT2D eigenvalue weighted by molar-refractivity contribution is 0.157. The third-order valence-corrected chi connectivity index (χ3v) is 5.52. The second-order valence-electron chi connectivity index (χ2n) is 9.40. The van der Waals surface area contributed by atoms with Crippen LogP contribution in [0, 0.1) is 0 Å². The molecule has 1 atom stereocenters. The van der Waals surface area contributed by atoms with Gasteiger partial charge in [-0.25, -0.2) is 0 Å². The summed E-state index contributed by atoms with van der Waals surface area (Å²) < 4.78 is 0. The number of hydrogen-bond acceptors (Lipinski definition) is 3. The van der Waals surface area contributed by atoms with Crippen molar-refractivity contribution < 1.29 is 5.11 Å². The Morgan fingerprint density at radius 2 is 1.46 bits per heavy atom. The lowest BCUT2D eigenvalue weighted by atomic mass is 10.1. The Morgan fingerprint density at radius 3 is 2.04 bits per heavy atom. The van der Waals surface area contributed by atoms with Crippen molar-refractivity contribution in [3.05, 3.63) is 12.2 Å². The van der Waals surface area contributed by atoms with E-state index in [1.165, 1.54) is 89.3 Å². The highest BCUT2D eigenvalue weighted by Gasteiger charge is 2.30. The van der Waals surface area contributed by atoms with Crippen molar-refractivity contribution in [1.29, 1.82) is 0 Å². The molecule has 0 unspecified atom stereocenters. The second kappa shape index (κ2) is 15.1. The number of rotatable bonds is 17. The first kappa shape index (κ1) is 25.2. The van der Waals surface area contributed by atoms with Crippen LogP contribution < -0.4 is 0 Å². The van der Waals surface area contributed by atoms with E-state index in [1.807, 2.05) is 6.92 Å². The molecular formula is C25H48N2O. The molecule has 3 heteroatoms. The number of nitrogens with zero attached hydrogens (tertiary/aromatic N) is 2. The molecule has 1 N–H and O–H groups in total. The molecule has 1 heterocycles. The highest BCUT2D eigenvalue weighted by molar-refractivity contribution is 5.84. The molecule has 0 saturated carbocycles. The topological polar surface area (TPSA) is 35.8 Å². The van der Waals surface area contributed by atoms with Crippen LogP contribution in [0.4, 0.5) is 0 Å². The van der Waals surface area contributed by atoms with Gasteiger partial charge < -0.3 is 10.0 Å². The van der Waals surface area contributed by atoms with Crippen LogP contribution in [0.15, 0.2) is 17.1 Å². The zero-order valence-electron chi connectivity index (χ0n) is 19.4. The van der Waals surface area contributed by atoms with Gasteiger partial charge in [-0.05, 0) is 52.9 Å². The van der Waals surface area contributed by atoms with Crippen molar-refractivity contribution >= 4 is 5.84 Å². The van der Waals surface area contributed by atoms with Crippen LogP contribution >= 0.6 is 0 Å². The molecule has 164 valence electrons. The van der Waals surface area contributed by atoms with Gasteiger partial charge in [-0.15, -0.1) is 0 Å². The molecule has 0 fully saturated rings. The SMILES string of the molecule is CCCCCCCC/C=C\CCCCCCCC1=NC(C)(C)CN1C[C@H](C)O. The van der Waals surface area contributed by atoms with E-state index in [1.54, 1.807) is 0 Å². The number of aliphatic hydroxyl groups excluding tert-OH is 1. The van der Waals surface area contributed by atoms with Crippen molar-refractivity contribution in [3.8, 4) is 0 Å². The molecule has 3 nitrogen and oxygen atoms in total. The monoisotopic (exact) mass is 392 g/mol. The van der Waals surface area contributed by atoms with Crippen molar-refractivity contribution in [1.82, 2.24) is 4.90 Å². The molecule has 0 aromatic rings. The summed E-state index contributed by atoms with van der Waals surface area (Å²) in [4.78, 5) is 7.17. The number of allylic oxidation sites excluding steroid dienone is 2. The number of hydrogen-bond donors (Lipinski definition) is 1. The van der Waals surface area contributed by atoms with E-state index in [0.29, 0.717) is 6.54 Å². The van der Waals surface area contributed by atoms with Gasteiger partial charge in [0.05, 0.1) is 17.5 Å². The van der Waals surface area contributed by atoms with E-state index in [2.05, 4.69) is 37.8 Å². The molecular weight excluding hydrogens is 344 g/mol. The summed E-state index contributed by atoms with van der Waals surface area (Å²) in [5.74, 6) is 1.21. The molecule has 1 aliphatic heterocycles. The largest absolute Gasteiger partial charge is 0.392 e. The van der Waals surface area contributed by atoms with Crippen LogP contribution in [0.3, 0.4) is 0 Å². The first-order valence-corrected chi connectivity index (χ1v) is 12.1. The zero-order chi connectivity index (χ0) is 20.7. The van der Waals surface area contributed by atoms with Crippen LogP contribution in [0.25, 0.3) is 0 Å². The van der Waals surface area contributed by atoms with E-state index in [0.717, 1.165) is 13.0 Å². The summed E-state index contributed by atoms with van der Waals surface area (Å²) in [5.41, 5.74) is 0.00602. The van der Waals surface area contributed by atoms with Gasteiger partial charge in [0.25, 0.3) is 0 Å². The summed E-state index contributed by atoms with van der Waals surface area (Å²) in [7, 11) is 0. The Balaban J connectivity index is 1.98. The molecule has 1 aliphatic rings. The lowest BCUT2D eigenvalue weighted by Crippen LogP contribution is -2.37. The van der Waals surface area contributed by atoms with Gasteiger partial charge in [0.2, 0.25) is 0 Å². The summed E-state index contributed by atoms with van der Waals surface area (Å²) in [6.07, 6.45) is 23.0. The fraction of sp³-hybridized carbons (Fsp3) is 0.880. The highest BCUT2D eigenvalue weighted by Crippen LogP contribution is 2.23. The lowest BCUT2D eigenvalue weighted by Gasteiger charge is -2.24. The minimum absolute atomic E-state index is 0.00602. The Bertz CT molecular complexity index is 440. The van der Waals surface area contributed by atoms with Crippen LogP contribution in [-0.4, -0.2) is 40.6 Å². The number of β-amino-alcohol motifs (C(OH)–C–C–N with tert-alkyl or cyclic N) is 1. The van der Waals surface area contributed by atoms with Crippen LogP contribution in [0.5, 0.6) is 0 Å².